The van der Waals surface area contributed by atoms with Crippen LogP contribution in [0.15, 0.2) is 17.2 Å². The van der Waals surface area contributed by atoms with Gasteiger partial charge in [-0.2, -0.15) is 0 Å². The van der Waals surface area contributed by atoms with Crippen molar-refractivity contribution in [1.29, 1.82) is 0 Å². The van der Waals surface area contributed by atoms with Gasteiger partial charge in [0.2, 0.25) is 5.82 Å². The third kappa shape index (κ3) is 3.14. The maximum atomic E-state index is 10.7. The summed E-state index contributed by atoms with van der Waals surface area (Å²) in [4.78, 5) is 14.4. The van der Waals surface area contributed by atoms with Gasteiger partial charge >= 0.3 is 5.69 Å². The molecule has 0 bridgehead atoms. The van der Waals surface area contributed by atoms with Crippen molar-refractivity contribution < 1.29 is 4.92 Å². The predicted molar refractivity (Wildman–Crippen MR) is 64.6 cm³/mol. The first-order chi connectivity index (χ1) is 7.69. The van der Waals surface area contributed by atoms with E-state index in [0.717, 1.165) is 0 Å². The summed E-state index contributed by atoms with van der Waals surface area (Å²) in [6, 6.07) is 3.03. The first-order valence-electron chi connectivity index (χ1n) is 4.64. The molecule has 5 nitrogen and oxygen atoms in total. The number of pyridine rings is 1. The molecule has 16 heavy (non-hydrogen) atoms. The highest BCUT2D eigenvalue weighted by Gasteiger charge is 2.15. The fourth-order valence-corrected chi connectivity index (χ4v) is 1.63. The second kappa shape index (κ2) is 5.98. The topological polar surface area (TPSA) is 68.1 Å². The molecule has 1 rings (SSSR count). The van der Waals surface area contributed by atoms with Gasteiger partial charge in [0.05, 0.1) is 15.7 Å². The molecule has 0 saturated carbocycles. The number of nitrogens with zero attached hydrogens (tertiary/aromatic N) is 2. The molecule has 1 heterocycles. The van der Waals surface area contributed by atoms with Gasteiger partial charge in [-0.1, -0.05) is 17.7 Å². The Morgan fingerprint density at radius 3 is 3.00 bits per heavy atom. The van der Waals surface area contributed by atoms with E-state index in [1.165, 1.54) is 17.8 Å². The van der Waals surface area contributed by atoms with E-state index in [-0.39, 0.29) is 11.5 Å². The van der Waals surface area contributed by atoms with Crippen LogP contribution in [0.5, 0.6) is 0 Å². The lowest BCUT2D eigenvalue weighted by Gasteiger charge is -2.05. The zero-order valence-electron chi connectivity index (χ0n) is 8.77. The number of terminal acetylenes is 1. The lowest BCUT2D eigenvalue weighted by molar-refractivity contribution is -0.384. The molecule has 0 aliphatic carbocycles. The first-order valence-corrected chi connectivity index (χ1v) is 5.63. The van der Waals surface area contributed by atoms with Crippen LogP contribution in [0.4, 0.5) is 11.5 Å². The predicted octanol–water partition coefficient (Wildman–Crippen LogP) is 2.15. The first kappa shape index (κ1) is 12.3. The number of anilines is 1. The SMILES string of the molecule is C#CCSc1ccc([N+](=O)[O-])c(NCC)n1. The van der Waals surface area contributed by atoms with Gasteiger partial charge in [0.25, 0.3) is 0 Å². The molecule has 0 saturated heterocycles. The molecule has 1 N–H and O–H groups in total. The van der Waals surface area contributed by atoms with Crippen molar-refractivity contribution in [3.05, 3.63) is 22.2 Å². The summed E-state index contributed by atoms with van der Waals surface area (Å²) in [6.45, 7) is 2.43. The van der Waals surface area contributed by atoms with Crippen molar-refractivity contribution in [2.24, 2.45) is 0 Å². The van der Waals surface area contributed by atoms with Gasteiger partial charge in [0, 0.05) is 12.6 Å². The fraction of sp³-hybridized carbons (Fsp3) is 0.300. The van der Waals surface area contributed by atoms with Gasteiger partial charge in [0.15, 0.2) is 0 Å². The monoisotopic (exact) mass is 237 g/mol. The minimum Gasteiger partial charge on any atom is -0.365 e. The van der Waals surface area contributed by atoms with Crippen molar-refractivity contribution in [3.63, 3.8) is 0 Å². The molecule has 1 aromatic heterocycles. The van der Waals surface area contributed by atoms with E-state index >= 15 is 0 Å². The Bertz CT molecular complexity index is 429. The highest BCUT2D eigenvalue weighted by atomic mass is 32.2. The van der Waals surface area contributed by atoms with Crippen LogP contribution in [-0.2, 0) is 0 Å². The van der Waals surface area contributed by atoms with Crippen molar-refractivity contribution >= 4 is 23.3 Å². The summed E-state index contributed by atoms with van der Waals surface area (Å²) in [5, 5.41) is 14.2. The number of thioether (sulfide) groups is 1. The second-order valence-corrected chi connectivity index (χ2v) is 3.79. The molecule has 1 aromatic rings. The molecule has 0 spiro atoms. The van der Waals surface area contributed by atoms with Crippen LogP contribution < -0.4 is 5.32 Å². The molecule has 0 fully saturated rings. The highest BCUT2D eigenvalue weighted by molar-refractivity contribution is 7.99. The number of nitro groups is 1. The van der Waals surface area contributed by atoms with Gasteiger partial charge < -0.3 is 5.32 Å². The van der Waals surface area contributed by atoms with E-state index in [0.29, 0.717) is 17.3 Å². The lowest BCUT2D eigenvalue weighted by atomic mass is 10.4. The van der Waals surface area contributed by atoms with Gasteiger partial charge in [-0.25, -0.2) is 4.98 Å². The summed E-state index contributed by atoms with van der Waals surface area (Å²) >= 11 is 1.37. The number of aromatic nitrogens is 1. The average molecular weight is 237 g/mol. The maximum Gasteiger partial charge on any atom is 0.311 e. The summed E-state index contributed by atoms with van der Waals surface area (Å²) in [6.07, 6.45) is 5.13. The smallest absolute Gasteiger partial charge is 0.311 e. The molecule has 0 aliphatic heterocycles. The van der Waals surface area contributed by atoms with Crippen molar-refractivity contribution in [3.8, 4) is 12.3 Å². The van der Waals surface area contributed by atoms with Crippen molar-refractivity contribution in [2.45, 2.75) is 11.9 Å². The maximum absolute atomic E-state index is 10.7. The molecule has 0 aromatic carbocycles. The van der Waals surface area contributed by atoms with E-state index < -0.39 is 4.92 Å². The number of hydrogen-bond acceptors (Lipinski definition) is 5. The molecule has 6 heteroatoms. The van der Waals surface area contributed by atoms with Crippen molar-refractivity contribution in [2.75, 3.05) is 17.6 Å². The highest BCUT2D eigenvalue weighted by Crippen LogP contribution is 2.25. The summed E-state index contributed by atoms with van der Waals surface area (Å²) in [5.74, 6) is 3.26. The Labute approximate surface area is 97.8 Å². The fourth-order valence-electron chi connectivity index (χ4n) is 1.07. The van der Waals surface area contributed by atoms with Gasteiger partial charge in [-0.05, 0) is 13.0 Å². The zero-order chi connectivity index (χ0) is 12.0. The summed E-state index contributed by atoms with van der Waals surface area (Å²) < 4.78 is 0. The Hall–Kier alpha value is -1.74. The molecular weight excluding hydrogens is 226 g/mol. The molecule has 0 unspecified atom stereocenters. The summed E-state index contributed by atoms with van der Waals surface area (Å²) in [5.41, 5.74) is -0.0214. The number of hydrogen-bond donors (Lipinski definition) is 1. The minimum absolute atomic E-state index is 0.0214. The van der Waals surface area contributed by atoms with Crippen LogP contribution in [0.2, 0.25) is 0 Å². The van der Waals surface area contributed by atoms with Crippen LogP contribution in [-0.4, -0.2) is 22.2 Å². The number of rotatable bonds is 5. The average Bonchev–Trinajstić information content (AvgIpc) is 2.26. The van der Waals surface area contributed by atoms with E-state index in [2.05, 4.69) is 16.2 Å². The van der Waals surface area contributed by atoms with E-state index in [1.54, 1.807) is 6.07 Å². The third-order valence-electron chi connectivity index (χ3n) is 1.69. The largest absolute Gasteiger partial charge is 0.365 e. The third-order valence-corrected chi connectivity index (χ3v) is 2.53. The minimum atomic E-state index is -0.458. The second-order valence-electron chi connectivity index (χ2n) is 2.80. The number of nitrogens with one attached hydrogen (secondary N) is 1. The van der Waals surface area contributed by atoms with Crippen LogP contribution in [0.25, 0.3) is 0 Å². The Morgan fingerprint density at radius 2 is 2.44 bits per heavy atom. The van der Waals surface area contributed by atoms with Crippen LogP contribution in [0.1, 0.15) is 6.92 Å². The molecule has 0 radical (unpaired) electrons. The van der Waals surface area contributed by atoms with Crippen LogP contribution >= 0.6 is 11.8 Å². The van der Waals surface area contributed by atoms with Crippen LogP contribution in [0, 0.1) is 22.5 Å². The van der Waals surface area contributed by atoms with Crippen LogP contribution in [0.3, 0.4) is 0 Å². The van der Waals surface area contributed by atoms with Crippen molar-refractivity contribution in [1.82, 2.24) is 4.98 Å². The molecule has 0 amide bonds. The molecule has 84 valence electrons. The van der Waals surface area contributed by atoms with E-state index in [4.69, 9.17) is 6.42 Å². The quantitative estimate of drug-likeness (QED) is 0.368. The Morgan fingerprint density at radius 1 is 1.69 bits per heavy atom. The van der Waals surface area contributed by atoms with E-state index in [1.807, 2.05) is 6.92 Å². The molecule has 0 atom stereocenters. The van der Waals surface area contributed by atoms with E-state index in [9.17, 15) is 10.1 Å². The standard InChI is InChI=1S/C10H11N3O2S/c1-3-7-16-9-6-5-8(13(14)15)10(12-9)11-4-2/h1,5-6H,4,7H2,2H3,(H,11,12). The lowest BCUT2D eigenvalue weighted by Crippen LogP contribution is -2.04. The Kier molecular flexibility index (Phi) is 4.61. The summed E-state index contributed by atoms with van der Waals surface area (Å²) in [7, 11) is 0. The molecule has 0 aliphatic rings. The zero-order valence-corrected chi connectivity index (χ0v) is 9.58. The van der Waals surface area contributed by atoms with Gasteiger partial charge in [-0.15, -0.1) is 6.42 Å². The van der Waals surface area contributed by atoms with Gasteiger partial charge in [0.1, 0.15) is 0 Å². The molecular formula is C10H11N3O2S. The normalized spacial score (nSPS) is 9.50. The Balaban J connectivity index is 2.98. The van der Waals surface area contributed by atoms with Gasteiger partial charge in [-0.3, -0.25) is 10.1 Å².